The first-order valence-corrected chi connectivity index (χ1v) is 0. The molecule has 0 heterocycles. The fourth-order valence-electron chi connectivity index (χ4n) is 0. The van der Waals surface area contributed by atoms with E-state index in [4.69, 9.17) is 0 Å². The molecule has 0 aliphatic carbocycles. The van der Waals surface area contributed by atoms with Crippen LogP contribution >= 0.6 is 0 Å². The molecule has 0 aromatic carbocycles. The van der Waals surface area contributed by atoms with Crippen molar-refractivity contribution in [3.05, 3.63) is 0 Å². The van der Waals surface area contributed by atoms with E-state index in [1.165, 1.54) is 0 Å². The van der Waals surface area contributed by atoms with Crippen LogP contribution in [-0.2, 0) is 16.4 Å². The second-order valence-corrected chi connectivity index (χ2v) is 0. The van der Waals surface area contributed by atoms with Crippen molar-refractivity contribution in [2.24, 2.45) is 0 Å². The Bertz CT molecular complexity index is 8.75. The van der Waals surface area contributed by atoms with Crippen LogP contribution in [0.4, 0.5) is 0 Å². The van der Waals surface area contributed by atoms with E-state index < -0.39 is 0 Å². The van der Waals surface area contributed by atoms with Crippen LogP contribution in [0.25, 0.3) is 0 Å². The van der Waals surface area contributed by atoms with E-state index in [0.29, 0.717) is 0 Å². The van der Waals surface area contributed by atoms with Crippen LogP contribution < -0.4 is 0 Å². The van der Waals surface area contributed by atoms with Gasteiger partial charge in [0.05, 0.1) is 0 Å². The smallest absolute Gasteiger partial charge is 2.00 e. The third-order valence-corrected chi connectivity index (χ3v) is 0. The van der Waals surface area contributed by atoms with Crippen LogP contribution in [0.15, 0.2) is 0 Å². The largest absolute Gasteiger partial charge is 2.00 e. The first kappa shape index (κ1) is 46.8. The molecule has 0 amide bonds. The van der Waals surface area contributed by atoms with Gasteiger partial charge in [0.2, 0.25) is 0 Å². The summed E-state index contributed by atoms with van der Waals surface area (Å²) in [5, 5.41) is 0. The zero-order chi connectivity index (χ0) is 0. The molecule has 0 N–H and O–H groups in total. The predicted octanol–water partition coefficient (Wildman–Crippen LogP) is -1.50. The average molecular weight is 410 g/mol. The molecule has 0 radical (unpaired) electrons. The normalized spacial score (nSPS) is 0. The molecule has 0 aliphatic heterocycles. The third kappa shape index (κ3) is 23.6. The molecule has 0 fully saturated rings. The van der Waals surface area contributed by atoms with Crippen molar-refractivity contribution in [2.75, 3.05) is 0 Å². The van der Waals surface area contributed by atoms with Gasteiger partial charge in [-0.25, -0.2) is 0 Å². The molecule has 6 heavy (non-hydrogen) atoms. The van der Waals surface area contributed by atoms with Gasteiger partial charge >= 0.3 is 143 Å². The maximum atomic E-state index is 0. The van der Waals surface area contributed by atoms with Crippen molar-refractivity contribution < 1.29 is 16.4 Å². The molecule has 0 aromatic rings. The molecule has 0 atom stereocenters. The van der Waals surface area contributed by atoms with E-state index in [0.717, 1.165) is 0 Å². The molecule has 6 heteroatoms. The van der Waals surface area contributed by atoms with Gasteiger partial charge in [0.1, 0.15) is 0 Å². The molecule has 0 unspecified atom stereocenters. The molecule has 0 spiro atoms. The topological polar surface area (TPSA) is 85.5 Å². The first-order valence-electron chi connectivity index (χ1n) is 0. The summed E-state index contributed by atoms with van der Waals surface area (Å²) < 4.78 is 0. The summed E-state index contributed by atoms with van der Waals surface area (Å²) in [5.41, 5.74) is 0. The Morgan fingerprint density at radius 1 is 0.500 bits per heavy atom. The van der Waals surface area contributed by atoms with Gasteiger partial charge in [-0.1, -0.05) is 0 Å². The second-order valence-electron chi connectivity index (χ2n) is 0. The van der Waals surface area contributed by atoms with E-state index in [9.17, 15) is 0 Å². The standard InChI is InChI=1S/2Ba.3O.Sr/q2*+2;3*-2;+2. The second kappa shape index (κ2) is 33.9. The zero-order valence-electron chi connectivity index (χ0n) is 3.35. The van der Waals surface area contributed by atoms with E-state index in [1.54, 1.807) is 0 Å². The average Bonchev–Trinajstić information content (AvgIpc) is 0. The predicted molar refractivity (Wildman–Crippen MR) is 19.3 cm³/mol. The molecule has 3 nitrogen and oxygen atoms in total. The maximum Gasteiger partial charge on any atom is 2.00 e. The van der Waals surface area contributed by atoms with Crippen LogP contribution in [0.2, 0.25) is 0 Å². The molecule has 0 rings (SSSR count). The SMILES string of the molecule is [Ba+2].[Ba+2].[O-2].[O-2].[O-2].[Sr+2]. The summed E-state index contributed by atoms with van der Waals surface area (Å²) in [5.74, 6) is 0. The van der Waals surface area contributed by atoms with E-state index in [2.05, 4.69) is 0 Å². The van der Waals surface area contributed by atoms with Crippen LogP contribution in [0.5, 0.6) is 0 Å². The van der Waals surface area contributed by atoms with Crippen molar-refractivity contribution in [1.82, 2.24) is 0 Å². The summed E-state index contributed by atoms with van der Waals surface area (Å²) in [6, 6.07) is 0. The quantitative estimate of drug-likeness (QED) is 0.436. The fraction of sp³-hybridized carbons (Fsp3) is 0. The molecular formula is Ba2O3Sr. The summed E-state index contributed by atoms with van der Waals surface area (Å²) in [7, 11) is 0. The van der Waals surface area contributed by atoms with Crippen molar-refractivity contribution >= 4 is 143 Å². The van der Waals surface area contributed by atoms with Gasteiger partial charge in [0, 0.05) is 0 Å². The number of rotatable bonds is 0. The van der Waals surface area contributed by atoms with E-state index >= 15 is 0 Å². The van der Waals surface area contributed by atoms with Gasteiger partial charge in [0.25, 0.3) is 0 Å². The Morgan fingerprint density at radius 2 is 0.500 bits per heavy atom. The minimum Gasteiger partial charge on any atom is -2.00 e. The van der Waals surface area contributed by atoms with Crippen molar-refractivity contribution in [2.45, 2.75) is 0 Å². The molecule has 0 saturated carbocycles. The number of hydrogen-bond donors (Lipinski definition) is 0. The van der Waals surface area contributed by atoms with Crippen LogP contribution in [-0.4, -0.2) is 143 Å². The van der Waals surface area contributed by atoms with E-state index in [-0.39, 0.29) is 160 Å². The third-order valence-electron chi connectivity index (χ3n) is 0. The van der Waals surface area contributed by atoms with Gasteiger partial charge in [-0.2, -0.15) is 0 Å². The summed E-state index contributed by atoms with van der Waals surface area (Å²) >= 11 is 0. The minimum absolute atomic E-state index is 0. The Labute approximate surface area is 154 Å². The first-order chi connectivity index (χ1) is 0. The van der Waals surface area contributed by atoms with Crippen LogP contribution in [0, 0.1) is 0 Å². The Hall–Kier alpha value is 4.50. The van der Waals surface area contributed by atoms with Gasteiger partial charge in [0.15, 0.2) is 0 Å². The van der Waals surface area contributed by atoms with E-state index in [1.807, 2.05) is 0 Å². The Kier molecular flexibility index (Phi) is 264. The van der Waals surface area contributed by atoms with Crippen molar-refractivity contribution in [3.8, 4) is 0 Å². The Balaban J connectivity index is 0. The number of hydrogen-bond acceptors (Lipinski definition) is 0. The summed E-state index contributed by atoms with van der Waals surface area (Å²) in [6.45, 7) is 0. The molecule has 24 valence electrons. The van der Waals surface area contributed by atoms with Crippen LogP contribution in [0.3, 0.4) is 0 Å². The van der Waals surface area contributed by atoms with Crippen molar-refractivity contribution in [1.29, 1.82) is 0 Å². The van der Waals surface area contributed by atoms with Gasteiger partial charge < -0.3 is 16.4 Å². The Morgan fingerprint density at radius 3 is 0.500 bits per heavy atom. The molecule has 0 aromatic heterocycles. The van der Waals surface area contributed by atoms with Gasteiger partial charge in [-0.05, 0) is 0 Å². The van der Waals surface area contributed by atoms with Gasteiger partial charge in [-0.15, -0.1) is 0 Å². The van der Waals surface area contributed by atoms with Crippen LogP contribution in [0.1, 0.15) is 0 Å². The van der Waals surface area contributed by atoms with Gasteiger partial charge in [-0.3, -0.25) is 0 Å². The van der Waals surface area contributed by atoms with Crippen molar-refractivity contribution in [3.63, 3.8) is 0 Å². The minimum atomic E-state index is 0. The molecule has 0 bridgehead atoms. The molecule has 0 aliphatic rings. The summed E-state index contributed by atoms with van der Waals surface area (Å²) in [4.78, 5) is 0. The maximum absolute atomic E-state index is 0. The molecular weight excluding hydrogens is 410 g/mol. The summed E-state index contributed by atoms with van der Waals surface area (Å²) in [6.07, 6.45) is 0. The molecule has 0 saturated heterocycles. The zero-order valence-corrected chi connectivity index (χ0v) is 15.7. The monoisotopic (exact) mass is 412 g/mol. The fourth-order valence-corrected chi connectivity index (χ4v) is 0.